The van der Waals surface area contributed by atoms with Gasteiger partial charge in [-0.1, -0.05) is 44.4 Å². The van der Waals surface area contributed by atoms with Crippen LogP contribution in [-0.2, 0) is 17.1 Å². The fourth-order valence-corrected chi connectivity index (χ4v) is 4.95. The predicted molar refractivity (Wildman–Crippen MR) is 119 cm³/mol. The Bertz CT molecular complexity index is 989. The van der Waals surface area contributed by atoms with Crippen molar-refractivity contribution < 1.29 is 36.2 Å². The molecule has 1 aliphatic heterocycles. The van der Waals surface area contributed by atoms with Crippen LogP contribution in [0.1, 0.15) is 86.3 Å². The lowest BCUT2D eigenvalue weighted by Crippen LogP contribution is -2.41. The van der Waals surface area contributed by atoms with E-state index in [2.05, 4.69) is 9.88 Å². The van der Waals surface area contributed by atoms with Gasteiger partial charge in [0.25, 0.3) is 0 Å². The second kappa shape index (κ2) is 11.6. The molecule has 4 nitrogen and oxygen atoms in total. The van der Waals surface area contributed by atoms with Crippen LogP contribution in [0, 0.1) is 5.92 Å². The van der Waals surface area contributed by atoms with Crippen molar-refractivity contribution in [3.05, 3.63) is 65.0 Å². The Morgan fingerprint density at radius 1 is 1.06 bits per heavy atom. The third kappa shape index (κ3) is 7.21. The van der Waals surface area contributed by atoms with Crippen LogP contribution in [0.25, 0.3) is 0 Å². The topological polar surface area (TPSA) is 56.3 Å². The summed E-state index contributed by atoms with van der Waals surface area (Å²) in [6, 6.07) is 6.43. The highest BCUT2D eigenvalue weighted by Crippen LogP contribution is 2.43. The summed E-state index contributed by atoms with van der Waals surface area (Å²) in [4.78, 5) is 16.9. The van der Waals surface area contributed by atoms with Crippen LogP contribution in [0.4, 0.5) is 26.3 Å². The van der Waals surface area contributed by atoms with Crippen LogP contribution in [-0.4, -0.2) is 22.4 Å². The number of hydrogen-bond acceptors (Lipinski definition) is 4. The van der Waals surface area contributed by atoms with Crippen LogP contribution in [0.3, 0.4) is 0 Å². The van der Waals surface area contributed by atoms with Gasteiger partial charge < -0.3 is 9.90 Å². The van der Waals surface area contributed by atoms with Crippen LogP contribution in [0.2, 0.25) is 0 Å². The van der Waals surface area contributed by atoms with Crippen molar-refractivity contribution in [1.82, 2.24) is 9.88 Å². The van der Waals surface area contributed by atoms with Gasteiger partial charge >= 0.3 is 12.4 Å². The molecule has 1 aliphatic rings. The van der Waals surface area contributed by atoms with Crippen LogP contribution in [0.15, 0.2) is 42.6 Å². The summed E-state index contributed by atoms with van der Waals surface area (Å²) < 4.78 is 78.5. The summed E-state index contributed by atoms with van der Waals surface area (Å²) in [6.07, 6.45) is -3.79. The Morgan fingerprint density at radius 3 is 2.28 bits per heavy atom. The number of carboxylic acid groups (broad SMARTS) is 1. The van der Waals surface area contributed by atoms with Gasteiger partial charge in [0.05, 0.1) is 5.56 Å². The molecule has 2 aromatic rings. The highest BCUT2D eigenvalue weighted by molar-refractivity contribution is 5.64. The third-order valence-corrected chi connectivity index (χ3v) is 6.77. The zero-order chi connectivity index (χ0) is 26.5. The minimum absolute atomic E-state index is 0.159. The van der Waals surface area contributed by atoms with Gasteiger partial charge in [0.1, 0.15) is 5.69 Å². The number of carbonyl (C=O) groups is 1. The van der Waals surface area contributed by atoms with E-state index in [0.717, 1.165) is 37.5 Å². The molecule has 0 spiro atoms. The molecule has 10 heteroatoms. The third-order valence-electron chi connectivity index (χ3n) is 6.77. The summed E-state index contributed by atoms with van der Waals surface area (Å²) in [5, 5.41) is 11.2. The molecule has 36 heavy (non-hydrogen) atoms. The molecule has 0 bridgehead atoms. The predicted octanol–water partition coefficient (Wildman–Crippen LogP) is 6.33. The van der Waals surface area contributed by atoms with E-state index in [0.29, 0.717) is 36.9 Å². The Labute approximate surface area is 206 Å². The Balaban J connectivity index is 1.97. The van der Waals surface area contributed by atoms with Gasteiger partial charge in [-0.15, -0.1) is 0 Å². The summed E-state index contributed by atoms with van der Waals surface area (Å²) in [5.74, 6) is -1.41. The maximum absolute atomic E-state index is 13.1. The number of benzene rings is 1. The fourth-order valence-electron chi connectivity index (χ4n) is 4.95. The monoisotopic (exact) mass is 515 g/mol. The van der Waals surface area contributed by atoms with E-state index in [9.17, 15) is 36.2 Å². The van der Waals surface area contributed by atoms with Gasteiger partial charge in [0.2, 0.25) is 0 Å². The number of carbonyl (C=O) groups excluding carboxylic acids is 1. The first-order valence-corrected chi connectivity index (χ1v) is 12.1. The quantitative estimate of drug-likeness (QED) is 0.289. The van der Waals surface area contributed by atoms with E-state index < -0.39 is 35.6 Å². The maximum atomic E-state index is 13.1. The van der Waals surface area contributed by atoms with E-state index in [1.165, 1.54) is 24.4 Å². The van der Waals surface area contributed by atoms with Crippen LogP contribution in [0.5, 0.6) is 0 Å². The number of halogens is 6. The molecule has 3 atom stereocenters. The minimum Gasteiger partial charge on any atom is -0.550 e. The summed E-state index contributed by atoms with van der Waals surface area (Å²) in [5.41, 5.74) is -0.586. The van der Waals surface area contributed by atoms with Crippen molar-refractivity contribution in [2.75, 3.05) is 6.54 Å². The van der Waals surface area contributed by atoms with E-state index in [1.807, 2.05) is 6.92 Å². The highest BCUT2D eigenvalue weighted by Gasteiger charge is 2.37. The summed E-state index contributed by atoms with van der Waals surface area (Å²) >= 11 is 0. The van der Waals surface area contributed by atoms with Crippen LogP contribution >= 0.6 is 0 Å². The van der Waals surface area contributed by atoms with Gasteiger partial charge in [-0.05, 0) is 67.5 Å². The molecule has 0 saturated carbocycles. The number of nitrogens with zero attached hydrogens (tertiary/aromatic N) is 2. The largest absolute Gasteiger partial charge is 0.550 e. The van der Waals surface area contributed by atoms with Crippen molar-refractivity contribution >= 4 is 5.97 Å². The van der Waals surface area contributed by atoms with Crippen molar-refractivity contribution in [1.29, 1.82) is 0 Å². The molecule has 1 aromatic carbocycles. The number of piperidine rings is 1. The maximum Gasteiger partial charge on any atom is 0.433 e. The second-order valence-corrected chi connectivity index (χ2v) is 9.33. The first-order chi connectivity index (χ1) is 16.9. The van der Waals surface area contributed by atoms with Crippen molar-refractivity contribution in [2.24, 2.45) is 5.92 Å². The molecule has 1 saturated heterocycles. The van der Waals surface area contributed by atoms with Gasteiger partial charge in [0, 0.05) is 24.2 Å². The molecule has 0 aliphatic carbocycles. The fraction of sp³-hybridized carbons (Fsp3) is 0.538. The average Bonchev–Trinajstić information content (AvgIpc) is 2.81. The number of carboxylic acids is 1. The van der Waals surface area contributed by atoms with Crippen molar-refractivity contribution in [2.45, 2.75) is 76.3 Å². The second-order valence-electron chi connectivity index (χ2n) is 9.33. The molecule has 3 rings (SSSR count). The van der Waals surface area contributed by atoms with Gasteiger partial charge in [0.15, 0.2) is 0 Å². The Morgan fingerprint density at radius 2 is 1.75 bits per heavy atom. The molecule has 0 unspecified atom stereocenters. The molecular weight excluding hydrogens is 486 g/mol. The van der Waals surface area contributed by atoms with Gasteiger partial charge in [-0.2, -0.15) is 26.3 Å². The zero-order valence-electron chi connectivity index (χ0n) is 19.9. The van der Waals surface area contributed by atoms with Crippen molar-refractivity contribution in [3.8, 4) is 0 Å². The number of rotatable bonds is 9. The van der Waals surface area contributed by atoms with Gasteiger partial charge in [-0.3, -0.25) is 9.88 Å². The van der Waals surface area contributed by atoms with E-state index in [4.69, 9.17) is 0 Å². The number of alkyl halides is 6. The van der Waals surface area contributed by atoms with Crippen LogP contribution < -0.4 is 5.11 Å². The lowest BCUT2D eigenvalue weighted by Gasteiger charge is -2.44. The number of hydrogen-bond donors (Lipinski definition) is 0. The molecule has 1 aromatic heterocycles. The lowest BCUT2D eigenvalue weighted by molar-refractivity contribution is -0.307. The smallest absolute Gasteiger partial charge is 0.433 e. The first-order valence-electron chi connectivity index (χ1n) is 12.1. The van der Waals surface area contributed by atoms with E-state index in [1.54, 1.807) is 0 Å². The summed E-state index contributed by atoms with van der Waals surface area (Å²) in [6.45, 7) is 2.48. The first kappa shape index (κ1) is 28.0. The highest BCUT2D eigenvalue weighted by atomic mass is 19.4. The molecule has 0 amide bonds. The molecule has 0 N–H and O–H groups in total. The molecule has 0 radical (unpaired) electrons. The van der Waals surface area contributed by atoms with Crippen molar-refractivity contribution in [3.63, 3.8) is 0 Å². The number of aliphatic carboxylic acids is 1. The Hall–Kier alpha value is -2.62. The SMILES string of the molecule is CCCCC[C@H](c1ccc(C(F)(F)F)nc1)N1CC[C@@H](CC(=O)[O-])C[C@H]1c1ccc(C(F)(F)F)cc1. The molecule has 2 heterocycles. The zero-order valence-corrected chi connectivity index (χ0v) is 19.9. The van der Waals surface area contributed by atoms with E-state index in [-0.39, 0.29) is 18.4 Å². The minimum atomic E-state index is -4.57. The number of unbranched alkanes of at least 4 members (excludes halogenated alkanes) is 2. The average molecular weight is 516 g/mol. The molecule has 1 fully saturated rings. The number of likely N-dealkylation sites (tertiary alicyclic amines) is 1. The normalized spacial score (nSPS) is 20.3. The summed E-state index contributed by atoms with van der Waals surface area (Å²) in [7, 11) is 0. The number of aromatic nitrogens is 1. The lowest BCUT2D eigenvalue weighted by atomic mass is 9.83. The Kier molecular flexibility index (Phi) is 9.03. The molecule has 198 valence electrons. The number of pyridine rings is 1. The molecular formula is C26H29F6N2O2-. The van der Waals surface area contributed by atoms with Gasteiger partial charge in [-0.25, -0.2) is 0 Å². The van der Waals surface area contributed by atoms with E-state index >= 15 is 0 Å². The standard InChI is InChI=1S/C26H30F6N2O2/c1-2-3-4-5-21(19-8-11-23(33-16-19)26(30,31)32)34-13-12-17(15-24(35)36)14-22(34)18-6-9-20(10-7-18)25(27,28)29/h6-11,16-17,21-22H,2-5,12-15H2,1H3,(H,35,36)/p-1/t17-,21-,22+/m1/s1.